The van der Waals surface area contributed by atoms with Crippen LogP contribution in [-0.2, 0) is 4.74 Å². The molecule has 138 valence electrons. The number of anilines is 1. The van der Waals surface area contributed by atoms with Gasteiger partial charge in [-0.05, 0) is 12.1 Å². The molecule has 1 aromatic carbocycles. The lowest BCUT2D eigenvalue weighted by atomic mass is 10.3. The number of nitrogens with one attached hydrogen (secondary N) is 1. The first-order chi connectivity index (χ1) is 12.1. The number of nitrogens with zero attached hydrogens (tertiary/aromatic N) is 3. The summed E-state index contributed by atoms with van der Waals surface area (Å²) >= 11 is 0. The highest BCUT2D eigenvalue weighted by Crippen LogP contribution is 2.14. The van der Waals surface area contributed by atoms with Crippen molar-refractivity contribution in [1.82, 2.24) is 14.7 Å². The monoisotopic (exact) mass is 354 g/mol. The number of rotatable bonds is 4. The zero-order valence-corrected chi connectivity index (χ0v) is 14.2. The van der Waals surface area contributed by atoms with E-state index in [1.165, 1.54) is 6.07 Å². The maximum absolute atomic E-state index is 13.2. The number of carbonyl (C=O) groups excluding carboxylic acids is 1. The first kappa shape index (κ1) is 18.0. The van der Waals surface area contributed by atoms with Crippen molar-refractivity contribution in [3.8, 4) is 0 Å². The van der Waals surface area contributed by atoms with Crippen molar-refractivity contribution < 1.29 is 18.3 Å². The third-order valence-corrected chi connectivity index (χ3v) is 4.67. The van der Waals surface area contributed by atoms with Crippen LogP contribution in [0.4, 0.5) is 19.3 Å². The Bertz CT molecular complexity index is 588. The lowest BCUT2D eigenvalue weighted by molar-refractivity contribution is 0.0311. The number of halogens is 2. The summed E-state index contributed by atoms with van der Waals surface area (Å²) in [5.74, 6) is -1.89. The average molecular weight is 354 g/mol. The second kappa shape index (κ2) is 8.55. The van der Waals surface area contributed by atoms with Crippen LogP contribution in [0.25, 0.3) is 0 Å². The fourth-order valence-corrected chi connectivity index (χ4v) is 3.06. The van der Waals surface area contributed by atoms with Crippen LogP contribution in [0.5, 0.6) is 0 Å². The fourth-order valence-electron chi connectivity index (χ4n) is 3.06. The summed E-state index contributed by atoms with van der Waals surface area (Å²) in [6.45, 7) is 8.45. The Morgan fingerprint density at radius 1 is 0.960 bits per heavy atom. The molecule has 0 atom stereocenters. The van der Waals surface area contributed by atoms with E-state index in [9.17, 15) is 13.6 Å². The third kappa shape index (κ3) is 5.10. The molecule has 2 saturated heterocycles. The topological polar surface area (TPSA) is 48.1 Å². The van der Waals surface area contributed by atoms with Crippen LogP contribution in [0.1, 0.15) is 0 Å². The number of benzene rings is 1. The Morgan fingerprint density at radius 3 is 2.24 bits per heavy atom. The fraction of sp³-hybridized carbons (Fsp3) is 0.588. The number of urea groups is 1. The highest BCUT2D eigenvalue weighted by Gasteiger charge is 2.22. The van der Waals surface area contributed by atoms with Crippen LogP contribution in [0, 0.1) is 11.6 Å². The maximum Gasteiger partial charge on any atom is 0.321 e. The molecule has 0 bridgehead atoms. The molecule has 2 aliphatic rings. The molecule has 0 aliphatic carbocycles. The van der Waals surface area contributed by atoms with E-state index in [1.54, 1.807) is 4.90 Å². The summed E-state index contributed by atoms with van der Waals surface area (Å²) in [7, 11) is 0. The summed E-state index contributed by atoms with van der Waals surface area (Å²) < 4.78 is 31.5. The molecule has 2 aliphatic heterocycles. The van der Waals surface area contributed by atoms with Gasteiger partial charge in [0.15, 0.2) is 11.6 Å². The molecular weight excluding hydrogens is 330 g/mol. The second-order valence-electron chi connectivity index (χ2n) is 6.34. The van der Waals surface area contributed by atoms with Gasteiger partial charge in [0.2, 0.25) is 0 Å². The minimum Gasteiger partial charge on any atom is -0.379 e. The first-order valence-corrected chi connectivity index (χ1v) is 8.65. The zero-order valence-electron chi connectivity index (χ0n) is 14.2. The molecule has 1 N–H and O–H groups in total. The highest BCUT2D eigenvalue weighted by atomic mass is 19.2. The average Bonchev–Trinajstić information content (AvgIpc) is 2.64. The van der Waals surface area contributed by atoms with Crippen LogP contribution in [0.3, 0.4) is 0 Å². The number of morpholine rings is 1. The molecular formula is C17H24F2N4O2. The van der Waals surface area contributed by atoms with Crippen LogP contribution >= 0.6 is 0 Å². The minimum atomic E-state index is -0.967. The number of piperazine rings is 1. The maximum atomic E-state index is 13.2. The van der Waals surface area contributed by atoms with Crippen LogP contribution in [0.15, 0.2) is 18.2 Å². The second-order valence-corrected chi connectivity index (χ2v) is 6.34. The molecule has 25 heavy (non-hydrogen) atoms. The van der Waals surface area contributed by atoms with Gasteiger partial charge >= 0.3 is 6.03 Å². The van der Waals surface area contributed by atoms with Crippen molar-refractivity contribution in [3.63, 3.8) is 0 Å². The van der Waals surface area contributed by atoms with Crippen molar-refractivity contribution in [2.24, 2.45) is 0 Å². The molecule has 0 saturated carbocycles. The van der Waals surface area contributed by atoms with E-state index in [4.69, 9.17) is 4.74 Å². The van der Waals surface area contributed by atoms with E-state index in [0.717, 1.165) is 64.6 Å². The van der Waals surface area contributed by atoms with Crippen molar-refractivity contribution >= 4 is 11.7 Å². The van der Waals surface area contributed by atoms with E-state index < -0.39 is 11.6 Å². The smallest absolute Gasteiger partial charge is 0.321 e. The summed E-state index contributed by atoms with van der Waals surface area (Å²) in [6.07, 6.45) is 0. The first-order valence-electron chi connectivity index (χ1n) is 8.65. The van der Waals surface area contributed by atoms with Crippen molar-refractivity contribution in [3.05, 3.63) is 29.8 Å². The zero-order chi connectivity index (χ0) is 17.6. The number of amides is 2. The molecule has 8 heteroatoms. The number of hydrogen-bond acceptors (Lipinski definition) is 4. The van der Waals surface area contributed by atoms with E-state index in [0.29, 0.717) is 13.1 Å². The van der Waals surface area contributed by atoms with Gasteiger partial charge in [0.1, 0.15) is 0 Å². The molecule has 0 radical (unpaired) electrons. The molecule has 1 aromatic rings. The number of ether oxygens (including phenoxy) is 1. The summed E-state index contributed by atoms with van der Waals surface area (Å²) in [4.78, 5) is 18.7. The van der Waals surface area contributed by atoms with Gasteiger partial charge in [-0.2, -0.15) is 0 Å². The standard InChI is InChI=1S/C17H24F2N4O2/c18-15-2-1-14(13-16(15)19)20-17(24)23-7-5-21(6-8-23)3-4-22-9-11-25-12-10-22/h1-2,13H,3-12H2,(H,20,24). The van der Waals surface area contributed by atoms with Gasteiger partial charge in [-0.1, -0.05) is 0 Å². The lowest BCUT2D eigenvalue weighted by Gasteiger charge is -2.36. The van der Waals surface area contributed by atoms with Gasteiger partial charge < -0.3 is 15.0 Å². The molecule has 0 aromatic heterocycles. The Balaban J connectivity index is 1.40. The van der Waals surface area contributed by atoms with Gasteiger partial charge in [-0.3, -0.25) is 9.80 Å². The van der Waals surface area contributed by atoms with Gasteiger partial charge in [0, 0.05) is 64.1 Å². The van der Waals surface area contributed by atoms with Crippen LogP contribution < -0.4 is 5.32 Å². The molecule has 2 heterocycles. The summed E-state index contributed by atoms with van der Waals surface area (Å²) in [6, 6.07) is 3.08. The SMILES string of the molecule is O=C(Nc1ccc(F)c(F)c1)N1CCN(CCN2CCOCC2)CC1. The Hall–Kier alpha value is -1.77. The highest BCUT2D eigenvalue weighted by molar-refractivity contribution is 5.89. The molecule has 3 rings (SSSR count). The van der Waals surface area contributed by atoms with Crippen LogP contribution in [0.2, 0.25) is 0 Å². The van der Waals surface area contributed by atoms with Gasteiger partial charge in [-0.25, -0.2) is 13.6 Å². The van der Waals surface area contributed by atoms with E-state index in [-0.39, 0.29) is 11.7 Å². The summed E-state index contributed by atoms with van der Waals surface area (Å²) in [5.41, 5.74) is 0.263. The van der Waals surface area contributed by atoms with E-state index in [2.05, 4.69) is 15.1 Å². The quantitative estimate of drug-likeness (QED) is 0.889. The molecule has 0 spiro atoms. The summed E-state index contributed by atoms with van der Waals surface area (Å²) in [5, 5.41) is 2.62. The largest absolute Gasteiger partial charge is 0.379 e. The number of hydrogen-bond donors (Lipinski definition) is 1. The molecule has 2 fully saturated rings. The number of carbonyl (C=O) groups is 1. The molecule has 0 unspecified atom stereocenters. The van der Waals surface area contributed by atoms with Gasteiger partial charge in [0.25, 0.3) is 0 Å². The van der Waals surface area contributed by atoms with Crippen molar-refractivity contribution in [2.75, 3.05) is 70.9 Å². The van der Waals surface area contributed by atoms with Gasteiger partial charge in [0.05, 0.1) is 13.2 Å². The Morgan fingerprint density at radius 2 is 1.60 bits per heavy atom. The van der Waals surface area contributed by atoms with E-state index >= 15 is 0 Å². The van der Waals surface area contributed by atoms with Crippen molar-refractivity contribution in [2.45, 2.75) is 0 Å². The molecule has 6 nitrogen and oxygen atoms in total. The predicted octanol–water partition coefficient (Wildman–Crippen LogP) is 1.45. The normalized spacial score (nSPS) is 19.8. The lowest BCUT2D eigenvalue weighted by Crippen LogP contribution is -2.51. The Labute approximate surface area is 146 Å². The Kier molecular flexibility index (Phi) is 6.17. The van der Waals surface area contributed by atoms with Crippen molar-refractivity contribution in [1.29, 1.82) is 0 Å². The van der Waals surface area contributed by atoms with Gasteiger partial charge in [-0.15, -0.1) is 0 Å². The third-order valence-electron chi connectivity index (χ3n) is 4.67. The van der Waals surface area contributed by atoms with Crippen LogP contribution in [-0.4, -0.2) is 86.3 Å². The minimum absolute atomic E-state index is 0.263. The van der Waals surface area contributed by atoms with E-state index in [1.807, 2.05) is 0 Å². The predicted molar refractivity (Wildman–Crippen MR) is 90.6 cm³/mol. The molecule has 2 amide bonds.